The van der Waals surface area contributed by atoms with E-state index in [0.717, 1.165) is 11.4 Å². The summed E-state index contributed by atoms with van der Waals surface area (Å²) in [6.07, 6.45) is 0. The Kier molecular flexibility index (Phi) is 6.19. The molecule has 0 amide bonds. The molecular weight excluding hydrogens is 372 g/mol. The molecule has 0 atom stereocenters. The number of esters is 1. The van der Waals surface area contributed by atoms with Gasteiger partial charge in [0.15, 0.2) is 6.61 Å². The Labute approximate surface area is 158 Å². The van der Waals surface area contributed by atoms with E-state index in [4.69, 9.17) is 9.57 Å². The lowest BCUT2D eigenvalue weighted by molar-refractivity contribution is -0.0258. The maximum atomic E-state index is 12.3. The van der Waals surface area contributed by atoms with Crippen molar-refractivity contribution < 1.29 is 27.6 Å². The minimum Gasteiger partial charge on any atom is -0.454 e. The van der Waals surface area contributed by atoms with E-state index in [1.807, 2.05) is 25.5 Å². The Hall–Kier alpha value is -2.49. The van der Waals surface area contributed by atoms with Crippen molar-refractivity contribution in [3.63, 3.8) is 0 Å². The molecule has 2 rings (SSSR count). The van der Waals surface area contributed by atoms with E-state index in [0.29, 0.717) is 10.0 Å². The van der Waals surface area contributed by atoms with Crippen LogP contribution in [0, 0.1) is 13.8 Å². The molecule has 0 saturated heterocycles. The summed E-state index contributed by atoms with van der Waals surface area (Å²) in [5.74, 6) is -1.11. The van der Waals surface area contributed by atoms with Crippen LogP contribution in [0.1, 0.15) is 32.1 Å². The van der Waals surface area contributed by atoms with Crippen LogP contribution in [0.4, 0.5) is 0 Å². The van der Waals surface area contributed by atoms with Crippen LogP contribution in [-0.2, 0) is 26.6 Å². The van der Waals surface area contributed by atoms with Crippen LogP contribution >= 0.6 is 0 Å². The van der Waals surface area contributed by atoms with E-state index >= 15 is 0 Å². The lowest BCUT2D eigenvalue weighted by Crippen LogP contribution is -2.26. The molecule has 0 aliphatic heterocycles. The van der Waals surface area contributed by atoms with Gasteiger partial charge in [-0.2, -0.15) is 0 Å². The van der Waals surface area contributed by atoms with Crippen LogP contribution in [0.15, 0.2) is 35.2 Å². The average molecular weight is 394 g/mol. The monoisotopic (exact) mass is 394 g/mol. The zero-order chi connectivity index (χ0) is 20.4. The zero-order valence-electron chi connectivity index (χ0n) is 15.8. The SMILES string of the molecule is CON(C)S(=O)(=O)c1cccc(C(=O)OCC(=O)c2cc(C)n(C)c2C)c1. The fourth-order valence-electron chi connectivity index (χ4n) is 2.46. The molecular formula is C18H22N2O6S. The fraction of sp³-hybridized carbons (Fsp3) is 0.333. The number of benzene rings is 1. The number of carbonyl (C=O) groups is 2. The third kappa shape index (κ3) is 4.26. The number of aryl methyl sites for hydroxylation is 1. The van der Waals surface area contributed by atoms with Crippen LogP contribution in [0.25, 0.3) is 0 Å². The third-order valence-electron chi connectivity index (χ3n) is 4.37. The Morgan fingerprint density at radius 3 is 2.41 bits per heavy atom. The Morgan fingerprint density at radius 2 is 1.85 bits per heavy atom. The minimum atomic E-state index is -3.89. The molecule has 2 aromatic rings. The molecule has 0 radical (unpaired) electrons. The van der Waals surface area contributed by atoms with Gasteiger partial charge in [-0.1, -0.05) is 10.5 Å². The van der Waals surface area contributed by atoms with Crippen molar-refractivity contribution in [2.75, 3.05) is 20.8 Å². The first kappa shape index (κ1) is 20.8. The molecule has 9 heteroatoms. The van der Waals surface area contributed by atoms with Gasteiger partial charge in [-0.3, -0.25) is 9.63 Å². The van der Waals surface area contributed by atoms with Crippen molar-refractivity contribution >= 4 is 21.8 Å². The number of ketones is 1. The third-order valence-corrected chi connectivity index (χ3v) is 6.05. The van der Waals surface area contributed by atoms with Crippen LogP contribution in [-0.4, -0.2) is 50.0 Å². The van der Waals surface area contributed by atoms with Gasteiger partial charge in [-0.05, 0) is 38.1 Å². The summed E-state index contributed by atoms with van der Waals surface area (Å²) in [4.78, 5) is 29.1. The number of aromatic nitrogens is 1. The molecule has 0 aliphatic rings. The standard InChI is InChI=1S/C18H22N2O6S/c1-12-9-16(13(2)19(12)3)17(21)11-26-18(22)14-7-6-8-15(10-14)27(23,24)20(4)25-5/h6-10H,11H2,1-5H3. The molecule has 146 valence electrons. The summed E-state index contributed by atoms with van der Waals surface area (Å²) in [6.45, 7) is 3.25. The van der Waals surface area contributed by atoms with E-state index in [-0.39, 0.29) is 16.2 Å². The zero-order valence-corrected chi connectivity index (χ0v) is 16.7. The Balaban J connectivity index is 2.14. The number of ether oxygens (including phenoxy) is 1. The lowest BCUT2D eigenvalue weighted by Gasteiger charge is -2.14. The van der Waals surface area contributed by atoms with Crippen LogP contribution < -0.4 is 0 Å². The first-order valence-corrected chi connectivity index (χ1v) is 9.50. The molecule has 8 nitrogen and oxygen atoms in total. The van der Waals surface area contributed by atoms with Crippen molar-refractivity contribution in [1.29, 1.82) is 0 Å². The molecule has 0 unspecified atom stereocenters. The maximum Gasteiger partial charge on any atom is 0.338 e. The second kappa shape index (κ2) is 8.03. The summed E-state index contributed by atoms with van der Waals surface area (Å²) in [7, 11) is 0.406. The number of carbonyl (C=O) groups excluding carboxylic acids is 2. The Bertz CT molecular complexity index is 978. The molecule has 0 spiro atoms. The van der Waals surface area contributed by atoms with Crippen molar-refractivity contribution in [3.05, 3.63) is 52.8 Å². The second-order valence-electron chi connectivity index (χ2n) is 5.97. The fourth-order valence-corrected chi connectivity index (χ4v) is 3.48. The van der Waals surface area contributed by atoms with Crippen LogP contribution in [0.2, 0.25) is 0 Å². The van der Waals surface area contributed by atoms with E-state index < -0.39 is 22.6 Å². The number of hydrogen-bond donors (Lipinski definition) is 0. The molecule has 1 aromatic carbocycles. The van der Waals surface area contributed by atoms with E-state index in [2.05, 4.69) is 0 Å². The first-order valence-electron chi connectivity index (χ1n) is 8.06. The summed E-state index contributed by atoms with van der Waals surface area (Å²) in [5.41, 5.74) is 2.21. The molecule has 0 bridgehead atoms. The summed E-state index contributed by atoms with van der Waals surface area (Å²) in [6, 6.07) is 7.08. The van der Waals surface area contributed by atoms with Crippen LogP contribution in [0.5, 0.6) is 0 Å². The van der Waals surface area contributed by atoms with Gasteiger partial charge in [0.1, 0.15) is 0 Å². The molecule has 0 N–H and O–H groups in total. The van der Waals surface area contributed by atoms with Gasteiger partial charge < -0.3 is 9.30 Å². The first-order chi connectivity index (χ1) is 12.6. The topological polar surface area (TPSA) is 94.9 Å². The lowest BCUT2D eigenvalue weighted by atomic mass is 10.1. The number of rotatable bonds is 7. The van der Waals surface area contributed by atoms with E-state index in [9.17, 15) is 18.0 Å². The molecule has 1 heterocycles. The van der Waals surface area contributed by atoms with E-state index in [1.165, 1.54) is 38.4 Å². The quantitative estimate of drug-likeness (QED) is 0.404. The number of nitrogens with zero attached hydrogens (tertiary/aromatic N) is 2. The van der Waals surface area contributed by atoms with E-state index in [1.54, 1.807) is 6.07 Å². The van der Waals surface area contributed by atoms with Gasteiger partial charge in [0, 0.05) is 31.0 Å². The van der Waals surface area contributed by atoms with Crippen molar-refractivity contribution in [1.82, 2.24) is 9.04 Å². The highest BCUT2D eigenvalue weighted by molar-refractivity contribution is 7.89. The van der Waals surface area contributed by atoms with Crippen molar-refractivity contribution in [2.45, 2.75) is 18.7 Å². The summed E-state index contributed by atoms with van der Waals surface area (Å²) < 4.78 is 32.1. The minimum absolute atomic E-state index is 0.0225. The predicted octanol–water partition coefficient (Wildman–Crippen LogP) is 1.86. The van der Waals surface area contributed by atoms with Gasteiger partial charge in [-0.25, -0.2) is 13.2 Å². The van der Waals surface area contributed by atoms with Gasteiger partial charge in [0.2, 0.25) is 5.78 Å². The molecule has 27 heavy (non-hydrogen) atoms. The second-order valence-corrected chi connectivity index (χ2v) is 7.90. The van der Waals surface area contributed by atoms with Gasteiger partial charge in [0.05, 0.1) is 17.6 Å². The molecule has 0 fully saturated rings. The number of hydroxylamine groups is 1. The number of Topliss-reactive ketones (excluding diaryl/α,β-unsaturated/α-hetero) is 1. The highest BCUT2D eigenvalue weighted by Gasteiger charge is 2.23. The highest BCUT2D eigenvalue weighted by Crippen LogP contribution is 2.17. The van der Waals surface area contributed by atoms with Crippen LogP contribution in [0.3, 0.4) is 0 Å². The molecule has 0 aliphatic carbocycles. The largest absolute Gasteiger partial charge is 0.454 e. The van der Waals surface area contributed by atoms with Crippen molar-refractivity contribution in [3.8, 4) is 0 Å². The highest BCUT2D eigenvalue weighted by atomic mass is 32.2. The maximum absolute atomic E-state index is 12.3. The van der Waals surface area contributed by atoms with Gasteiger partial charge in [0.25, 0.3) is 10.0 Å². The molecule has 0 saturated carbocycles. The average Bonchev–Trinajstić information content (AvgIpc) is 2.92. The summed E-state index contributed by atoms with van der Waals surface area (Å²) >= 11 is 0. The smallest absolute Gasteiger partial charge is 0.338 e. The summed E-state index contributed by atoms with van der Waals surface area (Å²) in [5, 5.41) is 0. The normalized spacial score (nSPS) is 11.6. The van der Waals surface area contributed by atoms with Gasteiger partial charge in [-0.15, -0.1) is 0 Å². The van der Waals surface area contributed by atoms with Gasteiger partial charge >= 0.3 is 5.97 Å². The predicted molar refractivity (Wildman–Crippen MR) is 97.9 cm³/mol. The Morgan fingerprint density at radius 1 is 1.19 bits per heavy atom. The molecule has 1 aromatic heterocycles. The van der Waals surface area contributed by atoms with Crippen molar-refractivity contribution in [2.24, 2.45) is 7.05 Å². The number of hydrogen-bond acceptors (Lipinski definition) is 6. The number of sulfonamides is 1.